The fourth-order valence-electron chi connectivity index (χ4n) is 3.43. The van der Waals surface area contributed by atoms with Crippen molar-refractivity contribution in [3.05, 3.63) is 70.8 Å². The Hall–Kier alpha value is -2.13. The maximum atomic E-state index is 12.4. The van der Waals surface area contributed by atoms with Crippen LogP contribution < -0.4 is 5.32 Å². The predicted molar refractivity (Wildman–Crippen MR) is 98.0 cm³/mol. The molecule has 0 aromatic heterocycles. The van der Waals surface area contributed by atoms with Crippen molar-refractivity contribution in [2.45, 2.75) is 38.8 Å². The molecule has 1 amide bonds. The molecular weight excluding hydrogens is 296 g/mol. The van der Waals surface area contributed by atoms with Crippen molar-refractivity contribution in [1.29, 1.82) is 0 Å². The van der Waals surface area contributed by atoms with Crippen LogP contribution in [-0.4, -0.2) is 30.4 Å². The summed E-state index contributed by atoms with van der Waals surface area (Å²) in [6.07, 6.45) is 2.07. The van der Waals surface area contributed by atoms with E-state index in [4.69, 9.17) is 0 Å². The molecule has 0 aliphatic heterocycles. The number of carbonyl (C=O) groups excluding carboxylic acids is 1. The molecule has 1 N–H and O–H groups in total. The monoisotopic (exact) mass is 322 g/mol. The van der Waals surface area contributed by atoms with E-state index in [1.54, 1.807) is 0 Å². The third-order valence-corrected chi connectivity index (χ3v) is 5.00. The lowest BCUT2D eigenvalue weighted by molar-refractivity contribution is -0.123. The lowest BCUT2D eigenvalue weighted by Crippen LogP contribution is -2.41. The van der Waals surface area contributed by atoms with Crippen molar-refractivity contribution in [2.24, 2.45) is 0 Å². The minimum absolute atomic E-state index is 0.0345. The summed E-state index contributed by atoms with van der Waals surface area (Å²) >= 11 is 0. The number of carbonyl (C=O) groups is 1. The van der Waals surface area contributed by atoms with Gasteiger partial charge in [-0.25, -0.2) is 0 Å². The number of likely N-dealkylation sites (N-methyl/N-ethyl adjacent to an activating group) is 1. The molecule has 1 aliphatic carbocycles. The molecule has 0 bridgehead atoms. The number of aryl methyl sites for hydroxylation is 1. The zero-order valence-electron chi connectivity index (χ0n) is 14.8. The maximum Gasteiger partial charge on any atom is 0.234 e. The first-order chi connectivity index (χ1) is 11.5. The van der Waals surface area contributed by atoms with Crippen molar-refractivity contribution in [3.63, 3.8) is 0 Å². The van der Waals surface area contributed by atoms with Gasteiger partial charge in [-0.05, 0) is 50.4 Å². The van der Waals surface area contributed by atoms with Gasteiger partial charge < -0.3 is 5.32 Å². The Morgan fingerprint density at radius 3 is 2.29 bits per heavy atom. The minimum Gasteiger partial charge on any atom is -0.348 e. The summed E-state index contributed by atoms with van der Waals surface area (Å²) in [5.74, 6) is 0.0848. The molecule has 0 unspecified atom stereocenters. The molecule has 0 radical (unpaired) electrons. The maximum absolute atomic E-state index is 12.4. The molecule has 3 rings (SSSR count). The van der Waals surface area contributed by atoms with E-state index in [1.165, 1.54) is 16.7 Å². The van der Waals surface area contributed by atoms with Gasteiger partial charge in [0.1, 0.15) is 0 Å². The third-order valence-electron chi connectivity index (χ3n) is 5.00. The topological polar surface area (TPSA) is 32.3 Å². The van der Waals surface area contributed by atoms with E-state index in [2.05, 4.69) is 65.7 Å². The molecule has 0 saturated carbocycles. The largest absolute Gasteiger partial charge is 0.348 e. The van der Waals surface area contributed by atoms with Crippen molar-refractivity contribution in [2.75, 3.05) is 13.6 Å². The van der Waals surface area contributed by atoms with Gasteiger partial charge in [-0.1, -0.05) is 54.1 Å². The van der Waals surface area contributed by atoms with Gasteiger partial charge in [0, 0.05) is 6.04 Å². The van der Waals surface area contributed by atoms with Crippen molar-refractivity contribution in [3.8, 4) is 0 Å². The average molecular weight is 322 g/mol. The molecule has 3 heteroatoms. The number of hydrogen-bond acceptors (Lipinski definition) is 2. The molecule has 2 aromatic rings. The number of nitrogens with one attached hydrogen (secondary N) is 1. The number of fused-ring (bicyclic) bond motifs is 1. The lowest BCUT2D eigenvalue weighted by Gasteiger charge is -2.24. The van der Waals surface area contributed by atoms with E-state index < -0.39 is 0 Å². The fourth-order valence-corrected chi connectivity index (χ4v) is 3.43. The van der Waals surface area contributed by atoms with Crippen LogP contribution >= 0.6 is 0 Å². The van der Waals surface area contributed by atoms with Crippen molar-refractivity contribution >= 4 is 5.91 Å². The molecule has 24 heavy (non-hydrogen) atoms. The van der Waals surface area contributed by atoms with Crippen LogP contribution in [0.3, 0.4) is 0 Å². The molecule has 1 aliphatic rings. The van der Waals surface area contributed by atoms with Crippen LogP contribution in [0.25, 0.3) is 0 Å². The van der Waals surface area contributed by atoms with Gasteiger partial charge in [-0.15, -0.1) is 0 Å². The summed E-state index contributed by atoms with van der Waals surface area (Å²) in [6, 6.07) is 17.4. The summed E-state index contributed by atoms with van der Waals surface area (Å²) in [4.78, 5) is 14.6. The second-order valence-electron chi connectivity index (χ2n) is 6.95. The average Bonchev–Trinajstić information content (AvgIpc) is 2.99. The molecule has 0 heterocycles. The van der Waals surface area contributed by atoms with Crippen LogP contribution in [0.1, 0.15) is 35.2 Å². The van der Waals surface area contributed by atoms with Crippen LogP contribution in [-0.2, 0) is 17.6 Å². The highest BCUT2D eigenvalue weighted by Gasteiger charge is 2.25. The summed E-state index contributed by atoms with van der Waals surface area (Å²) in [5.41, 5.74) is 5.22. The van der Waals surface area contributed by atoms with Gasteiger partial charge in [-0.3, -0.25) is 9.69 Å². The Labute approximate surface area is 144 Å². The number of benzene rings is 2. The Balaban J connectivity index is 1.52. The van der Waals surface area contributed by atoms with Crippen LogP contribution in [0.5, 0.6) is 0 Å². The van der Waals surface area contributed by atoms with E-state index in [9.17, 15) is 4.79 Å². The summed E-state index contributed by atoms with van der Waals surface area (Å²) in [6.45, 7) is 4.55. The molecule has 0 fully saturated rings. The zero-order valence-corrected chi connectivity index (χ0v) is 14.8. The van der Waals surface area contributed by atoms with Crippen LogP contribution in [0.15, 0.2) is 48.5 Å². The SMILES string of the molecule is Cc1ccc([C@H](C)NC(=O)CN(C)C2Cc3ccccc3C2)cc1. The van der Waals surface area contributed by atoms with Gasteiger partial charge in [-0.2, -0.15) is 0 Å². The van der Waals surface area contributed by atoms with E-state index in [0.29, 0.717) is 12.6 Å². The Bertz CT molecular complexity index is 683. The molecule has 1 atom stereocenters. The highest BCUT2D eigenvalue weighted by molar-refractivity contribution is 5.78. The van der Waals surface area contributed by atoms with Gasteiger partial charge in [0.05, 0.1) is 12.6 Å². The number of amides is 1. The second kappa shape index (κ2) is 7.18. The van der Waals surface area contributed by atoms with Crippen LogP contribution in [0, 0.1) is 6.92 Å². The standard InChI is InChI=1S/C21H26N2O/c1-15-8-10-17(11-9-15)16(2)22-21(24)14-23(3)20-12-18-6-4-5-7-19(18)13-20/h4-11,16,20H,12-14H2,1-3H3,(H,22,24)/t16-/m0/s1. The van der Waals surface area contributed by atoms with E-state index in [-0.39, 0.29) is 11.9 Å². The highest BCUT2D eigenvalue weighted by Crippen LogP contribution is 2.24. The molecule has 126 valence electrons. The quantitative estimate of drug-likeness (QED) is 0.916. The first-order valence-corrected chi connectivity index (χ1v) is 8.66. The molecular formula is C21H26N2O. The second-order valence-corrected chi connectivity index (χ2v) is 6.95. The van der Waals surface area contributed by atoms with E-state index in [1.807, 2.05) is 14.0 Å². The van der Waals surface area contributed by atoms with Crippen LogP contribution in [0.2, 0.25) is 0 Å². The smallest absolute Gasteiger partial charge is 0.234 e. The summed E-state index contributed by atoms with van der Waals surface area (Å²) in [5, 5.41) is 3.11. The van der Waals surface area contributed by atoms with Gasteiger partial charge >= 0.3 is 0 Å². The van der Waals surface area contributed by atoms with Gasteiger partial charge in [0.25, 0.3) is 0 Å². The number of rotatable bonds is 5. The molecule has 2 aromatic carbocycles. The van der Waals surface area contributed by atoms with E-state index in [0.717, 1.165) is 18.4 Å². The Kier molecular flexibility index (Phi) is 5.00. The Morgan fingerprint density at radius 1 is 1.12 bits per heavy atom. The Morgan fingerprint density at radius 2 is 1.71 bits per heavy atom. The van der Waals surface area contributed by atoms with Crippen LogP contribution in [0.4, 0.5) is 0 Å². The summed E-state index contributed by atoms with van der Waals surface area (Å²) in [7, 11) is 2.05. The van der Waals surface area contributed by atoms with Gasteiger partial charge in [0.15, 0.2) is 0 Å². The summed E-state index contributed by atoms with van der Waals surface area (Å²) < 4.78 is 0. The number of hydrogen-bond donors (Lipinski definition) is 1. The van der Waals surface area contributed by atoms with Crippen molar-refractivity contribution < 1.29 is 4.79 Å². The third kappa shape index (κ3) is 3.85. The molecule has 0 spiro atoms. The molecule has 3 nitrogen and oxygen atoms in total. The normalized spacial score (nSPS) is 15.3. The first-order valence-electron chi connectivity index (χ1n) is 8.66. The minimum atomic E-state index is 0.0345. The number of nitrogens with zero attached hydrogens (tertiary/aromatic N) is 1. The lowest BCUT2D eigenvalue weighted by atomic mass is 10.1. The molecule has 0 saturated heterocycles. The highest BCUT2D eigenvalue weighted by atomic mass is 16.2. The predicted octanol–water partition coefficient (Wildman–Crippen LogP) is 3.27. The first kappa shape index (κ1) is 16.7. The van der Waals surface area contributed by atoms with Gasteiger partial charge in [0.2, 0.25) is 5.91 Å². The zero-order chi connectivity index (χ0) is 17.1. The van der Waals surface area contributed by atoms with Crippen molar-refractivity contribution in [1.82, 2.24) is 10.2 Å². The van der Waals surface area contributed by atoms with E-state index >= 15 is 0 Å². The fraction of sp³-hybridized carbons (Fsp3) is 0.381.